The van der Waals surface area contributed by atoms with Crippen LogP contribution in [-0.2, 0) is 11.2 Å². The van der Waals surface area contributed by atoms with Crippen LogP contribution in [0.3, 0.4) is 0 Å². The monoisotopic (exact) mass is 333 g/mol. The summed E-state index contributed by atoms with van der Waals surface area (Å²) in [6.45, 7) is 0. The molecule has 1 unspecified atom stereocenters. The van der Waals surface area contributed by atoms with Crippen molar-refractivity contribution in [3.05, 3.63) is 96.6 Å². The first-order valence-corrected chi connectivity index (χ1v) is 8.67. The molecule has 3 aromatic carbocycles. The van der Waals surface area contributed by atoms with E-state index in [1.165, 1.54) is 0 Å². The SMILES string of the molecule is O=S1N(c2ccccc2)N=C(c2ccccc2)N1c1ccccc1. The van der Waals surface area contributed by atoms with Gasteiger partial charge in [0.15, 0.2) is 5.84 Å². The van der Waals surface area contributed by atoms with E-state index in [1.54, 1.807) is 8.72 Å². The fourth-order valence-corrected chi connectivity index (χ4v) is 3.75. The van der Waals surface area contributed by atoms with Gasteiger partial charge in [0.05, 0.1) is 11.4 Å². The molecule has 1 aliphatic heterocycles. The normalized spacial score (nSPS) is 17.0. The molecule has 5 heteroatoms. The van der Waals surface area contributed by atoms with Crippen LogP contribution in [0.1, 0.15) is 5.56 Å². The lowest BCUT2D eigenvalue weighted by Crippen LogP contribution is -2.32. The summed E-state index contributed by atoms with van der Waals surface area (Å²) in [4.78, 5) is 0. The van der Waals surface area contributed by atoms with Crippen molar-refractivity contribution in [2.24, 2.45) is 5.10 Å². The van der Waals surface area contributed by atoms with Gasteiger partial charge in [-0.15, -0.1) is 5.10 Å². The van der Waals surface area contributed by atoms with Gasteiger partial charge in [0.2, 0.25) is 0 Å². The van der Waals surface area contributed by atoms with Gasteiger partial charge in [-0.1, -0.05) is 66.7 Å². The van der Waals surface area contributed by atoms with Crippen LogP contribution >= 0.6 is 0 Å². The molecule has 3 aromatic rings. The molecule has 0 spiro atoms. The number of hydrogen-bond donors (Lipinski definition) is 0. The third-order valence-corrected chi connectivity index (χ3v) is 4.97. The van der Waals surface area contributed by atoms with Crippen molar-refractivity contribution in [1.29, 1.82) is 0 Å². The van der Waals surface area contributed by atoms with Crippen LogP contribution in [0.4, 0.5) is 11.4 Å². The highest BCUT2D eigenvalue weighted by atomic mass is 32.2. The Morgan fingerprint density at radius 1 is 0.667 bits per heavy atom. The lowest BCUT2D eigenvalue weighted by atomic mass is 10.2. The van der Waals surface area contributed by atoms with Gasteiger partial charge in [-0.2, -0.15) is 4.41 Å². The summed E-state index contributed by atoms with van der Waals surface area (Å²) in [7, 11) is 0. The number of hydrogen-bond acceptors (Lipinski definition) is 2. The molecular weight excluding hydrogens is 318 g/mol. The first-order chi connectivity index (χ1) is 11.8. The summed E-state index contributed by atoms with van der Waals surface area (Å²) in [5, 5.41) is 4.64. The summed E-state index contributed by atoms with van der Waals surface area (Å²) >= 11 is -1.47. The van der Waals surface area contributed by atoms with Crippen LogP contribution in [0, 0.1) is 0 Å². The highest BCUT2D eigenvalue weighted by Gasteiger charge is 2.34. The second-order valence-corrected chi connectivity index (χ2v) is 6.43. The van der Waals surface area contributed by atoms with Crippen LogP contribution in [0.15, 0.2) is 96.1 Å². The van der Waals surface area contributed by atoms with Gasteiger partial charge in [0.25, 0.3) is 11.2 Å². The number of para-hydroxylation sites is 2. The summed E-state index contributed by atoms with van der Waals surface area (Å²) < 4.78 is 16.4. The molecule has 1 heterocycles. The highest BCUT2D eigenvalue weighted by molar-refractivity contribution is 7.89. The average Bonchev–Trinajstić information content (AvgIpc) is 3.01. The Hall–Kier alpha value is -2.92. The third kappa shape index (κ3) is 2.59. The van der Waals surface area contributed by atoms with Crippen molar-refractivity contribution < 1.29 is 4.21 Å². The van der Waals surface area contributed by atoms with E-state index in [4.69, 9.17) is 0 Å². The number of benzene rings is 3. The zero-order valence-corrected chi connectivity index (χ0v) is 13.6. The van der Waals surface area contributed by atoms with Gasteiger partial charge >= 0.3 is 0 Å². The topological polar surface area (TPSA) is 35.9 Å². The van der Waals surface area contributed by atoms with Crippen molar-refractivity contribution in [3.63, 3.8) is 0 Å². The van der Waals surface area contributed by atoms with E-state index >= 15 is 0 Å². The Labute approximate surface area is 143 Å². The lowest BCUT2D eigenvalue weighted by molar-refractivity contribution is 0.683. The zero-order chi connectivity index (χ0) is 16.4. The molecule has 0 bridgehead atoms. The Morgan fingerprint density at radius 3 is 1.75 bits per heavy atom. The molecule has 0 N–H and O–H groups in total. The van der Waals surface area contributed by atoms with Crippen molar-refractivity contribution in [2.75, 3.05) is 8.72 Å². The number of anilines is 2. The van der Waals surface area contributed by atoms with Gasteiger partial charge in [-0.05, 0) is 24.3 Å². The second-order valence-electron chi connectivity index (χ2n) is 5.26. The summed E-state index contributed by atoms with van der Waals surface area (Å²) in [5.41, 5.74) is 2.56. The number of amidine groups is 1. The van der Waals surface area contributed by atoms with E-state index in [9.17, 15) is 4.21 Å². The number of rotatable bonds is 3. The smallest absolute Gasteiger partial charge is 0.222 e. The molecule has 0 radical (unpaired) electrons. The van der Waals surface area contributed by atoms with E-state index in [-0.39, 0.29) is 0 Å². The maximum absolute atomic E-state index is 13.1. The van der Waals surface area contributed by atoms with Crippen LogP contribution in [-0.4, -0.2) is 10.0 Å². The molecule has 24 heavy (non-hydrogen) atoms. The molecular formula is C19H15N3OS. The van der Waals surface area contributed by atoms with Crippen molar-refractivity contribution in [2.45, 2.75) is 0 Å². The lowest BCUT2D eigenvalue weighted by Gasteiger charge is -2.19. The molecule has 0 aliphatic carbocycles. The minimum absolute atomic E-state index is 0.670. The van der Waals surface area contributed by atoms with E-state index in [0.29, 0.717) is 5.84 Å². The molecule has 4 nitrogen and oxygen atoms in total. The van der Waals surface area contributed by atoms with Gasteiger partial charge < -0.3 is 0 Å². The molecule has 0 saturated carbocycles. The van der Waals surface area contributed by atoms with Crippen molar-refractivity contribution in [3.8, 4) is 0 Å². The first kappa shape index (κ1) is 14.7. The first-order valence-electron chi connectivity index (χ1n) is 7.61. The van der Waals surface area contributed by atoms with Gasteiger partial charge in [0.1, 0.15) is 0 Å². The van der Waals surface area contributed by atoms with E-state index < -0.39 is 11.2 Å². The predicted molar refractivity (Wildman–Crippen MR) is 99.0 cm³/mol. The second kappa shape index (κ2) is 6.29. The summed E-state index contributed by atoms with van der Waals surface area (Å²) in [6.07, 6.45) is 0. The largest absolute Gasteiger partial charge is 0.253 e. The average molecular weight is 333 g/mol. The van der Waals surface area contributed by atoms with Crippen LogP contribution in [0.5, 0.6) is 0 Å². The van der Waals surface area contributed by atoms with Crippen LogP contribution < -0.4 is 8.72 Å². The Bertz CT molecular complexity index is 882. The molecule has 1 aliphatic rings. The van der Waals surface area contributed by atoms with E-state index in [2.05, 4.69) is 5.10 Å². The molecule has 1 atom stereocenters. The molecule has 0 aromatic heterocycles. The van der Waals surface area contributed by atoms with Crippen LogP contribution in [0.2, 0.25) is 0 Å². The van der Waals surface area contributed by atoms with Gasteiger partial charge in [-0.3, -0.25) is 0 Å². The predicted octanol–water partition coefficient (Wildman–Crippen LogP) is 3.95. The molecule has 0 fully saturated rings. The highest BCUT2D eigenvalue weighted by Crippen LogP contribution is 2.30. The summed E-state index contributed by atoms with van der Waals surface area (Å²) in [5.74, 6) is 0.670. The standard InChI is InChI=1S/C19H15N3OS/c23-24-21(17-12-6-2-7-13-17)19(16-10-4-1-5-11-16)20-22(24)18-14-8-3-9-15-18/h1-15H. The quantitative estimate of drug-likeness (QED) is 0.715. The van der Waals surface area contributed by atoms with Gasteiger partial charge in [-0.25, -0.2) is 8.51 Å². The Kier molecular flexibility index (Phi) is 3.84. The van der Waals surface area contributed by atoms with Crippen LogP contribution in [0.25, 0.3) is 0 Å². The van der Waals surface area contributed by atoms with Crippen molar-refractivity contribution in [1.82, 2.24) is 0 Å². The van der Waals surface area contributed by atoms with E-state index in [1.807, 2.05) is 91.0 Å². The third-order valence-electron chi connectivity index (χ3n) is 3.68. The Balaban J connectivity index is 1.83. The molecule has 0 amide bonds. The molecule has 4 rings (SSSR count). The molecule has 118 valence electrons. The maximum Gasteiger partial charge on any atom is 0.253 e. The number of nitrogens with zero attached hydrogens (tertiary/aromatic N) is 3. The van der Waals surface area contributed by atoms with Crippen molar-refractivity contribution >= 4 is 28.4 Å². The fraction of sp³-hybridized carbons (Fsp3) is 0. The maximum atomic E-state index is 13.1. The molecule has 0 saturated heterocycles. The van der Waals surface area contributed by atoms with E-state index in [0.717, 1.165) is 16.9 Å². The van der Waals surface area contributed by atoms with Gasteiger partial charge in [0, 0.05) is 5.56 Å². The minimum Gasteiger partial charge on any atom is -0.222 e. The fourth-order valence-electron chi connectivity index (χ4n) is 2.55. The zero-order valence-electron chi connectivity index (χ0n) is 12.8. The Morgan fingerprint density at radius 2 is 1.17 bits per heavy atom. The minimum atomic E-state index is -1.47. The summed E-state index contributed by atoms with van der Waals surface area (Å²) in [6, 6.07) is 29.0. The number of hydrazone groups is 1.